The number of thiophene rings is 1. The molecule has 0 aromatic carbocycles. The van der Waals surface area contributed by atoms with E-state index in [-0.39, 0.29) is 11.3 Å². The molecule has 17 heavy (non-hydrogen) atoms. The molecule has 0 aliphatic carbocycles. The van der Waals surface area contributed by atoms with Crippen LogP contribution in [-0.2, 0) is 9.53 Å². The summed E-state index contributed by atoms with van der Waals surface area (Å²) in [7, 11) is 1.33. The quantitative estimate of drug-likeness (QED) is 0.613. The minimum absolute atomic E-state index is 0.0482. The number of methoxy groups -OCH3 is 1. The lowest BCUT2D eigenvalue weighted by molar-refractivity contribution is -0.117. The zero-order valence-electron chi connectivity index (χ0n) is 9.53. The first-order valence-corrected chi connectivity index (χ1v) is 6.41. The maximum absolute atomic E-state index is 11.8. The van der Waals surface area contributed by atoms with E-state index in [4.69, 9.17) is 16.3 Å². The number of hydrogen-bond donors (Lipinski definition) is 0. The van der Waals surface area contributed by atoms with E-state index in [1.807, 2.05) is 13.0 Å². The SMILES string of the molecule is COC(=O)c1sc(C)cc1N1CC(Cl)CC1=O. The summed E-state index contributed by atoms with van der Waals surface area (Å²) in [5.74, 6) is -0.461. The van der Waals surface area contributed by atoms with E-state index >= 15 is 0 Å². The molecule has 0 radical (unpaired) electrons. The number of halogens is 1. The highest BCUT2D eigenvalue weighted by atomic mass is 35.5. The molecule has 1 aliphatic heterocycles. The molecule has 6 heteroatoms. The van der Waals surface area contributed by atoms with Crippen LogP contribution in [0.5, 0.6) is 0 Å². The van der Waals surface area contributed by atoms with Crippen molar-refractivity contribution in [2.45, 2.75) is 18.7 Å². The summed E-state index contributed by atoms with van der Waals surface area (Å²) in [6, 6.07) is 1.82. The highest BCUT2D eigenvalue weighted by molar-refractivity contribution is 7.14. The van der Waals surface area contributed by atoms with Crippen molar-refractivity contribution in [2.75, 3.05) is 18.6 Å². The van der Waals surface area contributed by atoms with Crippen LogP contribution in [0, 0.1) is 6.92 Å². The number of alkyl halides is 1. The molecular formula is C11H12ClNO3S. The molecule has 0 spiro atoms. The monoisotopic (exact) mass is 273 g/mol. The van der Waals surface area contributed by atoms with Gasteiger partial charge in [0.2, 0.25) is 5.91 Å². The topological polar surface area (TPSA) is 46.6 Å². The van der Waals surface area contributed by atoms with Crippen LogP contribution in [-0.4, -0.2) is 30.9 Å². The number of anilines is 1. The number of carbonyl (C=O) groups is 2. The van der Waals surface area contributed by atoms with Crippen LogP contribution in [0.2, 0.25) is 0 Å². The Bertz CT molecular complexity index is 471. The fourth-order valence-corrected chi connectivity index (χ4v) is 3.04. The van der Waals surface area contributed by atoms with E-state index in [0.29, 0.717) is 23.5 Å². The molecule has 1 atom stereocenters. The Morgan fingerprint density at radius 1 is 1.65 bits per heavy atom. The Kier molecular flexibility index (Phi) is 3.40. The van der Waals surface area contributed by atoms with E-state index < -0.39 is 5.97 Å². The molecule has 1 aromatic rings. The summed E-state index contributed by atoms with van der Waals surface area (Å²) in [6.07, 6.45) is 0.317. The second-order valence-electron chi connectivity index (χ2n) is 3.87. The average molecular weight is 274 g/mol. The lowest BCUT2D eigenvalue weighted by Gasteiger charge is -2.15. The van der Waals surface area contributed by atoms with Crippen molar-refractivity contribution in [3.8, 4) is 0 Å². The Morgan fingerprint density at radius 2 is 2.35 bits per heavy atom. The van der Waals surface area contributed by atoms with Gasteiger partial charge in [0.15, 0.2) is 0 Å². The summed E-state index contributed by atoms with van der Waals surface area (Å²) >= 11 is 7.27. The Morgan fingerprint density at radius 3 is 2.88 bits per heavy atom. The van der Waals surface area contributed by atoms with E-state index in [2.05, 4.69) is 0 Å². The number of hydrogen-bond acceptors (Lipinski definition) is 4. The molecule has 1 aromatic heterocycles. The molecule has 1 amide bonds. The summed E-state index contributed by atoms with van der Waals surface area (Å²) in [5, 5.41) is -0.187. The van der Waals surface area contributed by atoms with E-state index in [0.717, 1.165) is 4.88 Å². The molecule has 1 fully saturated rings. The highest BCUT2D eigenvalue weighted by Crippen LogP contribution is 2.34. The maximum atomic E-state index is 11.8. The van der Waals surface area contributed by atoms with Gasteiger partial charge in [0.25, 0.3) is 0 Å². The highest BCUT2D eigenvalue weighted by Gasteiger charge is 2.32. The molecule has 0 saturated carbocycles. The molecule has 2 rings (SSSR count). The maximum Gasteiger partial charge on any atom is 0.350 e. The molecule has 92 valence electrons. The standard InChI is InChI=1S/C11H12ClNO3S/c1-6-3-8(10(17-6)11(15)16-2)13-5-7(12)4-9(13)14/h3,7H,4-5H2,1-2H3. The van der Waals surface area contributed by atoms with E-state index in [1.54, 1.807) is 4.90 Å². The molecule has 4 nitrogen and oxygen atoms in total. The number of nitrogens with zero attached hydrogens (tertiary/aromatic N) is 1. The van der Waals surface area contributed by atoms with Gasteiger partial charge >= 0.3 is 5.97 Å². The third-order valence-electron chi connectivity index (χ3n) is 2.58. The van der Waals surface area contributed by atoms with Gasteiger partial charge in [-0.1, -0.05) is 0 Å². The first-order valence-electron chi connectivity index (χ1n) is 5.16. The fraction of sp³-hybridized carbons (Fsp3) is 0.455. The van der Waals surface area contributed by atoms with Gasteiger partial charge in [-0.2, -0.15) is 0 Å². The summed E-state index contributed by atoms with van der Waals surface area (Å²) < 4.78 is 4.71. The number of amides is 1. The predicted octanol–water partition coefficient (Wildman–Crippen LogP) is 2.19. The molecule has 1 aliphatic rings. The van der Waals surface area contributed by atoms with Crippen molar-refractivity contribution in [2.24, 2.45) is 0 Å². The fourth-order valence-electron chi connectivity index (χ4n) is 1.84. The molecular weight excluding hydrogens is 262 g/mol. The lowest BCUT2D eigenvalue weighted by Crippen LogP contribution is -2.25. The second-order valence-corrected chi connectivity index (χ2v) is 5.74. The zero-order valence-corrected chi connectivity index (χ0v) is 11.1. The number of ether oxygens (including phenoxy) is 1. The minimum Gasteiger partial charge on any atom is -0.465 e. The lowest BCUT2D eigenvalue weighted by atomic mass is 10.3. The van der Waals surface area contributed by atoms with Gasteiger partial charge in [0.1, 0.15) is 4.88 Å². The Labute approximate surface area is 108 Å². The van der Waals surface area contributed by atoms with Crippen molar-refractivity contribution in [1.29, 1.82) is 0 Å². The average Bonchev–Trinajstić information content (AvgIpc) is 2.80. The van der Waals surface area contributed by atoms with E-state index in [1.165, 1.54) is 18.4 Å². The van der Waals surface area contributed by atoms with Crippen LogP contribution in [0.25, 0.3) is 0 Å². The van der Waals surface area contributed by atoms with Crippen LogP contribution in [0.4, 0.5) is 5.69 Å². The molecule has 2 heterocycles. The number of carbonyl (C=O) groups excluding carboxylic acids is 2. The Hall–Kier alpha value is -1.07. The predicted molar refractivity (Wildman–Crippen MR) is 67.0 cm³/mol. The van der Waals surface area contributed by atoms with Crippen LogP contribution >= 0.6 is 22.9 Å². The third kappa shape index (κ3) is 2.30. The number of rotatable bonds is 2. The first-order chi connectivity index (χ1) is 8.02. The van der Waals surface area contributed by atoms with Crippen molar-refractivity contribution >= 4 is 40.5 Å². The zero-order chi connectivity index (χ0) is 12.6. The summed E-state index contributed by atoms with van der Waals surface area (Å²) in [6.45, 7) is 2.33. The van der Waals surface area contributed by atoms with Gasteiger partial charge in [-0.15, -0.1) is 22.9 Å². The van der Waals surface area contributed by atoms with Crippen LogP contribution in [0.1, 0.15) is 21.0 Å². The van der Waals surface area contributed by atoms with Gasteiger partial charge in [0.05, 0.1) is 18.2 Å². The first kappa shape index (κ1) is 12.4. The largest absolute Gasteiger partial charge is 0.465 e. The number of esters is 1. The van der Waals surface area contributed by atoms with Gasteiger partial charge in [-0.05, 0) is 13.0 Å². The number of aryl methyl sites for hydroxylation is 1. The van der Waals surface area contributed by atoms with Crippen LogP contribution < -0.4 is 4.90 Å². The third-order valence-corrected chi connectivity index (χ3v) is 3.89. The summed E-state index contributed by atoms with van der Waals surface area (Å²) in [4.78, 5) is 26.4. The second kappa shape index (κ2) is 4.66. The van der Waals surface area contributed by atoms with Gasteiger partial charge in [0, 0.05) is 17.8 Å². The van der Waals surface area contributed by atoms with Crippen molar-refractivity contribution in [1.82, 2.24) is 0 Å². The molecule has 1 unspecified atom stereocenters. The molecule has 0 N–H and O–H groups in total. The van der Waals surface area contributed by atoms with Gasteiger partial charge < -0.3 is 9.64 Å². The normalized spacial score (nSPS) is 19.8. The van der Waals surface area contributed by atoms with Gasteiger partial charge in [-0.25, -0.2) is 4.79 Å². The minimum atomic E-state index is -0.413. The smallest absolute Gasteiger partial charge is 0.350 e. The van der Waals surface area contributed by atoms with Gasteiger partial charge in [-0.3, -0.25) is 4.79 Å². The Balaban J connectivity index is 2.38. The van der Waals surface area contributed by atoms with Crippen LogP contribution in [0.15, 0.2) is 6.07 Å². The summed E-state index contributed by atoms with van der Waals surface area (Å²) in [5.41, 5.74) is 0.618. The molecule has 0 bridgehead atoms. The van der Waals surface area contributed by atoms with Crippen molar-refractivity contribution in [3.63, 3.8) is 0 Å². The van der Waals surface area contributed by atoms with Crippen LogP contribution in [0.3, 0.4) is 0 Å². The molecule has 1 saturated heterocycles. The van der Waals surface area contributed by atoms with Crippen molar-refractivity contribution < 1.29 is 14.3 Å². The van der Waals surface area contributed by atoms with E-state index in [9.17, 15) is 9.59 Å². The van der Waals surface area contributed by atoms with Crippen molar-refractivity contribution in [3.05, 3.63) is 15.8 Å².